The quantitative estimate of drug-likeness (QED) is 0.746. The summed E-state index contributed by atoms with van der Waals surface area (Å²) in [6.07, 6.45) is 2.57. The molecule has 3 heteroatoms. The summed E-state index contributed by atoms with van der Waals surface area (Å²) in [5.41, 5.74) is 0. The summed E-state index contributed by atoms with van der Waals surface area (Å²) in [5, 5.41) is 6.76. The Morgan fingerprint density at radius 2 is 2.55 bits per heavy atom. The lowest BCUT2D eigenvalue weighted by Crippen LogP contribution is -2.43. The molecule has 0 aliphatic carbocycles. The van der Waals surface area contributed by atoms with Crippen LogP contribution in [0.15, 0.2) is 11.1 Å². The maximum atomic E-state index is 3.77. The van der Waals surface area contributed by atoms with Crippen LogP contribution >= 0.6 is 15.9 Å². The zero-order valence-corrected chi connectivity index (χ0v) is 8.28. The molecule has 1 aliphatic heterocycles. The van der Waals surface area contributed by atoms with Crippen molar-refractivity contribution in [3.63, 3.8) is 0 Å². The fraction of sp³-hybridized carbons (Fsp3) is 0.750. The molecule has 0 amide bonds. The minimum atomic E-state index is 0.637. The van der Waals surface area contributed by atoms with Crippen LogP contribution in [0.25, 0.3) is 0 Å². The van der Waals surface area contributed by atoms with E-state index in [0.29, 0.717) is 6.04 Å². The Labute approximate surface area is 76.6 Å². The van der Waals surface area contributed by atoms with E-state index in [1.165, 1.54) is 19.4 Å². The minimum absolute atomic E-state index is 0.637. The first-order valence-corrected chi connectivity index (χ1v) is 4.85. The van der Waals surface area contributed by atoms with Crippen molar-refractivity contribution >= 4 is 15.9 Å². The molecule has 0 aromatic rings. The van der Waals surface area contributed by atoms with E-state index in [-0.39, 0.29) is 0 Å². The van der Waals surface area contributed by atoms with Gasteiger partial charge in [0.1, 0.15) is 0 Å². The van der Waals surface area contributed by atoms with Crippen LogP contribution in [0.4, 0.5) is 0 Å². The normalized spacial score (nSPS) is 25.0. The van der Waals surface area contributed by atoms with Gasteiger partial charge >= 0.3 is 0 Å². The number of hydrogen-bond donors (Lipinski definition) is 2. The van der Waals surface area contributed by atoms with E-state index in [1.54, 1.807) is 0 Å². The van der Waals surface area contributed by atoms with Crippen molar-refractivity contribution in [2.45, 2.75) is 18.9 Å². The van der Waals surface area contributed by atoms with Gasteiger partial charge in [-0.15, -0.1) is 0 Å². The largest absolute Gasteiger partial charge is 0.315 e. The smallest absolute Gasteiger partial charge is 0.0268 e. The second-order valence-corrected chi connectivity index (χ2v) is 4.06. The van der Waals surface area contributed by atoms with E-state index in [4.69, 9.17) is 0 Å². The summed E-state index contributed by atoms with van der Waals surface area (Å²) in [7, 11) is 0. The van der Waals surface area contributed by atoms with Gasteiger partial charge in [0.25, 0.3) is 0 Å². The van der Waals surface area contributed by atoms with Crippen LogP contribution in [-0.4, -0.2) is 25.7 Å². The second kappa shape index (κ2) is 4.91. The SMILES string of the molecule is C=C(Br)CNC1CCCNC1. The highest BCUT2D eigenvalue weighted by atomic mass is 79.9. The Morgan fingerprint density at radius 1 is 1.73 bits per heavy atom. The monoisotopic (exact) mass is 218 g/mol. The van der Waals surface area contributed by atoms with Crippen LogP contribution in [0.1, 0.15) is 12.8 Å². The van der Waals surface area contributed by atoms with Crippen molar-refractivity contribution in [2.75, 3.05) is 19.6 Å². The van der Waals surface area contributed by atoms with Crippen molar-refractivity contribution in [3.05, 3.63) is 11.1 Å². The van der Waals surface area contributed by atoms with Crippen molar-refractivity contribution in [3.8, 4) is 0 Å². The first kappa shape index (κ1) is 9.23. The summed E-state index contributed by atoms with van der Waals surface area (Å²) in [6.45, 7) is 6.93. The van der Waals surface area contributed by atoms with E-state index >= 15 is 0 Å². The molecule has 1 unspecified atom stereocenters. The molecular formula is C8H15BrN2. The van der Waals surface area contributed by atoms with Gasteiger partial charge in [-0.1, -0.05) is 22.5 Å². The maximum Gasteiger partial charge on any atom is 0.0268 e. The lowest BCUT2D eigenvalue weighted by Gasteiger charge is -2.23. The molecule has 0 bridgehead atoms. The third kappa shape index (κ3) is 3.89. The van der Waals surface area contributed by atoms with E-state index in [1.807, 2.05) is 0 Å². The molecule has 64 valence electrons. The van der Waals surface area contributed by atoms with Crippen LogP contribution in [0.3, 0.4) is 0 Å². The fourth-order valence-electron chi connectivity index (χ4n) is 1.28. The van der Waals surface area contributed by atoms with Gasteiger partial charge in [0, 0.05) is 23.6 Å². The van der Waals surface area contributed by atoms with Gasteiger partial charge in [-0.2, -0.15) is 0 Å². The Bertz CT molecular complexity index is 130. The van der Waals surface area contributed by atoms with Gasteiger partial charge in [-0.25, -0.2) is 0 Å². The van der Waals surface area contributed by atoms with Gasteiger partial charge < -0.3 is 10.6 Å². The van der Waals surface area contributed by atoms with Crippen LogP contribution < -0.4 is 10.6 Å². The first-order valence-electron chi connectivity index (χ1n) is 4.06. The molecule has 1 rings (SSSR count). The number of nitrogens with one attached hydrogen (secondary N) is 2. The highest BCUT2D eigenvalue weighted by Gasteiger charge is 2.10. The number of rotatable bonds is 3. The Morgan fingerprint density at radius 3 is 3.09 bits per heavy atom. The van der Waals surface area contributed by atoms with Crippen molar-refractivity contribution < 1.29 is 0 Å². The van der Waals surface area contributed by atoms with Crippen molar-refractivity contribution in [2.24, 2.45) is 0 Å². The highest BCUT2D eigenvalue weighted by Crippen LogP contribution is 2.03. The van der Waals surface area contributed by atoms with Gasteiger partial charge in [0.2, 0.25) is 0 Å². The summed E-state index contributed by atoms with van der Waals surface area (Å²) in [6, 6.07) is 0.637. The second-order valence-electron chi connectivity index (χ2n) is 2.94. The van der Waals surface area contributed by atoms with Crippen LogP contribution in [-0.2, 0) is 0 Å². The van der Waals surface area contributed by atoms with Crippen LogP contribution in [0.5, 0.6) is 0 Å². The highest BCUT2D eigenvalue weighted by molar-refractivity contribution is 9.11. The maximum absolute atomic E-state index is 3.77. The van der Waals surface area contributed by atoms with E-state index < -0.39 is 0 Å². The molecule has 2 nitrogen and oxygen atoms in total. The molecule has 1 fully saturated rings. The number of halogens is 1. The van der Waals surface area contributed by atoms with Crippen molar-refractivity contribution in [1.29, 1.82) is 0 Å². The standard InChI is InChI=1S/C8H15BrN2/c1-7(9)5-11-8-3-2-4-10-6-8/h8,10-11H,1-6H2. The Balaban J connectivity index is 2.09. The molecule has 0 aromatic carbocycles. The molecule has 1 heterocycles. The molecule has 0 aromatic heterocycles. The molecule has 1 aliphatic rings. The third-order valence-electron chi connectivity index (χ3n) is 1.88. The summed E-state index contributed by atoms with van der Waals surface area (Å²) in [4.78, 5) is 0. The van der Waals surface area contributed by atoms with Gasteiger partial charge in [0.15, 0.2) is 0 Å². The molecule has 1 atom stereocenters. The molecule has 0 spiro atoms. The molecule has 11 heavy (non-hydrogen) atoms. The Hall–Kier alpha value is 0.140. The first-order chi connectivity index (χ1) is 5.29. The average molecular weight is 219 g/mol. The van der Waals surface area contributed by atoms with Gasteiger partial charge in [-0.3, -0.25) is 0 Å². The summed E-state index contributed by atoms with van der Waals surface area (Å²) >= 11 is 3.32. The zero-order valence-electron chi connectivity index (χ0n) is 6.70. The van der Waals surface area contributed by atoms with E-state index in [2.05, 4.69) is 33.1 Å². The lowest BCUT2D eigenvalue weighted by molar-refractivity contribution is 0.402. The molecule has 0 radical (unpaired) electrons. The fourth-order valence-corrected chi connectivity index (χ4v) is 1.44. The van der Waals surface area contributed by atoms with Crippen LogP contribution in [0, 0.1) is 0 Å². The number of hydrogen-bond acceptors (Lipinski definition) is 2. The topological polar surface area (TPSA) is 24.1 Å². The van der Waals surface area contributed by atoms with E-state index in [0.717, 1.165) is 17.6 Å². The predicted octanol–water partition coefficient (Wildman–Crippen LogP) is 1.24. The molecular weight excluding hydrogens is 204 g/mol. The molecule has 0 saturated carbocycles. The molecule has 2 N–H and O–H groups in total. The Kier molecular flexibility index (Phi) is 4.12. The van der Waals surface area contributed by atoms with Gasteiger partial charge in [0.05, 0.1) is 0 Å². The average Bonchev–Trinajstić information content (AvgIpc) is 2.03. The zero-order chi connectivity index (χ0) is 8.10. The number of piperidine rings is 1. The summed E-state index contributed by atoms with van der Waals surface area (Å²) < 4.78 is 1.03. The summed E-state index contributed by atoms with van der Waals surface area (Å²) in [5.74, 6) is 0. The third-order valence-corrected chi connectivity index (χ3v) is 2.16. The van der Waals surface area contributed by atoms with Gasteiger partial charge in [-0.05, 0) is 19.4 Å². The lowest BCUT2D eigenvalue weighted by atomic mass is 10.1. The molecule has 1 saturated heterocycles. The predicted molar refractivity (Wildman–Crippen MR) is 52.0 cm³/mol. The van der Waals surface area contributed by atoms with E-state index in [9.17, 15) is 0 Å². The van der Waals surface area contributed by atoms with Crippen molar-refractivity contribution in [1.82, 2.24) is 10.6 Å². The van der Waals surface area contributed by atoms with Crippen LogP contribution in [0.2, 0.25) is 0 Å². The minimum Gasteiger partial charge on any atom is -0.315 e.